The van der Waals surface area contributed by atoms with Crippen LogP contribution in [-0.4, -0.2) is 41.3 Å². The average molecular weight is 483 g/mol. The van der Waals surface area contributed by atoms with Crippen LogP contribution in [0.1, 0.15) is 15.9 Å². The van der Waals surface area contributed by atoms with E-state index >= 15 is 0 Å². The van der Waals surface area contributed by atoms with Crippen LogP contribution in [0.2, 0.25) is 0 Å². The van der Waals surface area contributed by atoms with Gasteiger partial charge in [-0.1, -0.05) is 12.1 Å². The number of nitro benzene ring substituents is 1. The van der Waals surface area contributed by atoms with Gasteiger partial charge in [0.05, 0.1) is 24.2 Å². The first-order valence-electron chi connectivity index (χ1n) is 11.2. The number of hydrogen-bond acceptors (Lipinski definition) is 6. The molecule has 5 aromatic rings. The third kappa shape index (κ3) is 4.62. The van der Waals surface area contributed by atoms with Gasteiger partial charge in [0.25, 0.3) is 17.2 Å². The molecule has 0 fully saturated rings. The number of nitrogens with one attached hydrogen (secondary N) is 1. The lowest BCUT2D eigenvalue weighted by atomic mass is 10.2. The zero-order valence-electron chi connectivity index (χ0n) is 19.0. The first-order valence-corrected chi connectivity index (χ1v) is 11.2. The number of amides is 1. The lowest BCUT2D eigenvalue weighted by Gasteiger charge is -2.08. The first-order chi connectivity index (χ1) is 17.5. The van der Waals surface area contributed by atoms with E-state index in [0.717, 1.165) is 5.69 Å². The van der Waals surface area contributed by atoms with Crippen LogP contribution in [0.15, 0.2) is 90.4 Å². The molecule has 3 heterocycles. The molecule has 36 heavy (non-hydrogen) atoms. The van der Waals surface area contributed by atoms with Gasteiger partial charge in [-0.25, -0.2) is 9.67 Å². The number of nitro groups is 1. The van der Waals surface area contributed by atoms with Crippen LogP contribution in [0.5, 0.6) is 0 Å². The second-order valence-corrected chi connectivity index (χ2v) is 8.10. The minimum Gasteiger partial charge on any atom is -0.350 e. The average Bonchev–Trinajstić information content (AvgIpc) is 3.57. The van der Waals surface area contributed by atoms with Gasteiger partial charge in [0.15, 0.2) is 5.65 Å². The topological polar surface area (TPSA) is 130 Å². The highest BCUT2D eigenvalue weighted by Gasteiger charge is 2.13. The van der Waals surface area contributed by atoms with Crippen molar-refractivity contribution in [1.29, 1.82) is 0 Å². The molecule has 0 unspecified atom stereocenters. The number of hydrogen-bond donors (Lipinski definition) is 1. The molecular formula is C25H21N7O4. The lowest BCUT2D eigenvalue weighted by molar-refractivity contribution is -0.384. The van der Waals surface area contributed by atoms with Crippen LogP contribution >= 0.6 is 0 Å². The van der Waals surface area contributed by atoms with Gasteiger partial charge in [-0.3, -0.25) is 24.3 Å². The molecule has 2 aromatic carbocycles. The van der Waals surface area contributed by atoms with Gasteiger partial charge in [0.2, 0.25) is 0 Å². The molecule has 0 saturated heterocycles. The number of aromatic nitrogens is 5. The van der Waals surface area contributed by atoms with E-state index in [-0.39, 0.29) is 23.7 Å². The minimum absolute atomic E-state index is 0.0405. The maximum atomic E-state index is 12.9. The predicted molar refractivity (Wildman–Crippen MR) is 132 cm³/mol. The molecule has 0 atom stereocenters. The number of rotatable bonds is 8. The largest absolute Gasteiger partial charge is 0.350 e. The molecular weight excluding hydrogens is 462 g/mol. The summed E-state index contributed by atoms with van der Waals surface area (Å²) < 4.78 is 4.89. The molecule has 0 radical (unpaired) electrons. The highest BCUT2D eigenvalue weighted by molar-refractivity contribution is 5.94. The maximum Gasteiger partial charge on any atom is 0.269 e. The number of nitrogens with zero attached hydrogens (tertiary/aromatic N) is 6. The summed E-state index contributed by atoms with van der Waals surface area (Å²) in [6.45, 7) is 0.777. The third-order valence-electron chi connectivity index (χ3n) is 5.74. The van der Waals surface area contributed by atoms with E-state index in [1.807, 2.05) is 41.2 Å². The van der Waals surface area contributed by atoms with Crippen LogP contribution in [0.3, 0.4) is 0 Å². The van der Waals surface area contributed by atoms with Gasteiger partial charge in [-0.05, 0) is 42.0 Å². The molecule has 180 valence electrons. The van der Waals surface area contributed by atoms with Crippen molar-refractivity contribution in [2.45, 2.75) is 13.1 Å². The summed E-state index contributed by atoms with van der Waals surface area (Å²) in [5.41, 5.74) is 2.18. The monoisotopic (exact) mass is 483 g/mol. The van der Waals surface area contributed by atoms with Crippen LogP contribution in [0, 0.1) is 10.1 Å². The summed E-state index contributed by atoms with van der Waals surface area (Å²) in [7, 11) is 0. The van der Waals surface area contributed by atoms with Crippen molar-refractivity contribution in [1.82, 2.24) is 29.2 Å². The SMILES string of the molecule is O=C(NCCn1ncc2c(=O)n(Cc3cccc([N+](=O)[O-])c3)cnc21)c1ccc(-n2cccc2)cc1. The van der Waals surface area contributed by atoms with Gasteiger partial charge in [0.1, 0.15) is 11.7 Å². The van der Waals surface area contributed by atoms with Crippen molar-refractivity contribution < 1.29 is 9.72 Å². The van der Waals surface area contributed by atoms with Gasteiger partial charge < -0.3 is 9.88 Å². The van der Waals surface area contributed by atoms with Gasteiger partial charge in [0, 0.05) is 42.3 Å². The maximum absolute atomic E-state index is 12.9. The van der Waals surface area contributed by atoms with E-state index in [1.54, 1.807) is 28.9 Å². The third-order valence-corrected chi connectivity index (χ3v) is 5.74. The summed E-state index contributed by atoms with van der Waals surface area (Å²) in [4.78, 5) is 40.3. The fourth-order valence-electron chi connectivity index (χ4n) is 3.91. The van der Waals surface area contributed by atoms with Crippen LogP contribution in [0.4, 0.5) is 5.69 Å². The Labute approximate surface area is 204 Å². The smallest absolute Gasteiger partial charge is 0.269 e. The first kappa shape index (κ1) is 22.7. The summed E-state index contributed by atoms with van der Waals surface area (Å²) in [6.07, 6.45) is 6.70. The lowest BCUT2D eigenvalue weighted by Crippen LogP contribution is -2.27. The van der Waals surface area contributed by atoms with Crippen molar-refractivity contribution in [3.63, 3.8) is 0 Å². The number of carbonyl (C=O) groups excluding carboxylic acids is 1. The van der Waals surface area contributed by atoms with Gasteiger partial charge >= 0.3 is 0 Å². The summed E-state index contributed by atoms with van der Waals surface area (Å²) in [5.74, 6) is -0.210. The van der Waals surface area contributed by atoms with Crippen molar-refractivity contribution in [3.8, 4) is 5.69 Å². The Bertz CT molecular complexity index is 1600. The van der Waals surface area contributed by atoms with Crippen molar-refractivity contribution in [2.75, 3.05) is 6.54 Å². The zero-order valence-corrected chi connectivity index (χ0v) is 19.0. The van der Waals surface area contributed by atoms with E-state index in [4.69, 9.17) is 0 Å². The van der Waals surface area contributed by atoms with E-state index in [1.165, 1.54) is 29.2 Å². The molecule has 0 saturated carbocycles. The molecule has 0 aliphatic carbocycles. The highest BCUT2D eigenvalue weighted by atomic mass is 16.6. The van der Waals surface area contributed by atoms with E-state index in [0.29, 0.717) is 35.2 Å². The Morgan fingerprint density at radius 3 is 2.58 bits per heavy atom. The fraction of sp³-hybridized carbons (Fsp3) is 0.120. The summed E-state index contributed by atoms with van der Waals surface area (Å²) in [6, 6.07) is 17.3. The second-order valence-electron chi connectivity index (χ2n) is 8.10. The van der Waals surface area contributed by atoms with Crippen molar-refractivity contribution in [3.05, 3.63) is 117 Å². The van der Waals surface area contributed by atoms with E-state index in [9.17, 15) is 19.7 Å². The molecule has 11 heteroatoms. The Kier molecular flexibility index (Phi) is 6.10. The number of fused-ring (bicyclic) bond motifs is 1. The molecule has 1 N–H and O–H groups in total. The number of non-ortho nitro benzene ring substituents is 1. The van der Waals surface area contributed by atoms with Crippen molar-refractivity contribution in [2.24, 2.45) is 0 Å². The molecule has 0 aliphatic heterocycles. The number of benzene rings is 2. The summed E-state index contributed by atoms with van der Waals surface area (Å²) >= 11 is 0. The molecule has 5 rings (SSSR count). The van der Waals surface area contributed by atoms with E-state index < -0.39 is 4.92 Å². The quantitative estimate of drug-likeness (QED) is 0.267. The molecule has 0 aliphatic rings. The standard InChI is InChI=1S/C25H21N7O4/c33-24(19-6-8-20(9-7-19)29-11-1-2-12-29)26-10-13-31-23-22(15-28-31)25(34)30(17-27-23)16-18-4-3-5-21(14-18)32(35)36/h1-9,11-12,14-15,17H,10,13,16H2,(H,26,33). The Balaban J connectivity index is 1.24. The van der Waals surface area contributed by atoms with Crippen LogP contribution < -0.4 is 10.9 Å². The van der Waals surface area contributed by atoms with Gasteiger partial charge in [-0.2, -0.15) is 5.10 Å². The van der Waals surface area contributed by atoms with E-state index in [2.05, 4.69) is 15.4 Å². The van der Waals surface area contributed by atoms with Crippen LogP contribution in [-0.2, 0) is 13.1 Å². The number of carbonyl (C=O) groups is 1. The Morgan fingerprint density at radius 1 is 1.06 bits per heavy atom. The minimum atomic E-state index is -0.477. The molecule has 1 amide bonds. The molecule has 0 bridgehead atoms. The molecule has 11 nitrogen and oxygen atoms in total. The fourth-order valence-corrected chi connectivity index (χ4v) is 3.91. The predicted octanol–water partition coefficient (Wildman–Crippen LogP) is 2.77. The van der Waals surface area contributed by atoms with Crippen LogP contribution in [0.25, 0.3) is 16.7 Å². The highest BCUT2D eigenvalue weighted by Crippen LogP contribution is 2.14. The molecule has 0 spiro atoms. The Morgan fingerprint density at radius 2 is 1.83 bits per heavy atom. The molecule has 3 aromatic heterocycles. The van der Waals surface area contributed by atoms with Gasteiger partial charge in [-0.15, -0.1) is 0 Å². The Hall–Kier alpha value is -5.06. The second kappa shape index (κ2) is 9.66. The zero-order chi connectivity index (χ0) is 25.1. The summed E-state index contributed by atoms with van der Waals surface area (Å²) in [5, 5.41) is 18.4. The van der Waals surface area contributed by atoms with Crippen molar-refractivity contribution >= 4 is 22.6 Å². The normalized spacial score (nSPS) is 11.0.